The quantitative estimate of drug-likeness (QED) is 0.146. The fraction of sp³-hybridized carbons (Fsp3) is 0.929. The van der Waals surface area contributed by atoms with E-state index in [2.05, 4.69) is 40.0 Å². The van der Waals surface area contributed by atoms with Crippen LogP contribution in [-0.4, -0.2) is 19.5 Å². The number of alkyl halides is 2. The van der Waals surface area contributed by atoms with Crippen molar-refractivity contribution in [1.82, 2.24) is 3.53 Å². The first-order valence-electron chi connectivity index (χ1n) is 7.28. The second-order valence-corrected chi connectivity index (χ2v) is 10.3. The molecule has 1 N–H and O–H groups in total. The normalized spacial score (nSPS) is 41.2. The predicted molar refractivity (Wildman–Crippen MR) is 78.5 cm³/mol. The molecule has 0 amide bonds. The summed E-state index contributed by atoms with van der Waals surface area (Å²) in [7, 11) is 0. The van der Waals surface area contributed by atoms with Crippen LogP contribution in [0.4, 0.5) is 0 Å². The van der Waals surface area contributed by atoms with Crippen LogP contribution in [0.2, 0.25) is 0 Å². The van der Waals surface area contributed by atoms with Gasteiger partial charge in [-0.3, -0.25) is 0 Å². The number of ether oxygens (including phenoxy) is 1. The summed E-state index contributed by atoms with van der Waals surface area (Å²) in [5, 5.41) is 0. The molecule has 1 saturated heterocycles. The molecule has 3 rings (SSSR count). The van der Waals surface area contributed by atoms with Crippen LogP contribution in [0.3, 0.4) is 0 Å². The van der Waals surface area contributed by atoms with E-state index < -0.39 is 0 Å². The van der Waals surface area contributed by atoms with E-state index >= 15 is 0 Å². The molecule has 2 bridgehead atoms. The Balaban J connectivity index is 1.66. The van der Waals surface area contributed by atoms with Crippen molar-refractivity contribution in [3.8, 4) is 0 Å². The molecule has 0 aromatic carbocycles. The first-order valence-corrected chi connectivity index (χ1v) is 10.9. The molecule has 19 heavy (non-hydrogen) atoms. The Labute approximate surface area is 139 Å². The summed E-state index contributed by atoms with van der Waals surface area (Å²) >= 11 is 2.33. The number of carbonyl (C=O) groups excluding carboxylic acids is 1. The van der Waals surface area contributed by atoms with Crippen LogP contribution in [0.15, 0.2) is 0 Å². The maximum atomic E-state index is 12.3. The second-order valence-electron chi connectivity index (χ2n) is 6.39. The summed E-state index contributed by atoms with van der Waals surface area (Å²) in [6.45, 7) is 4.35. The van der Waals surface area contributed by atoms with Crippen LogP contribution in [0.1, 0.15) is 46.0 Å². The Kier molecular flexibility index (Phi) is 4.36. The molecule has 6 atom stereocenters. The zero-order valence-corrected chi connectivity index (χ0v) is 15.8. The Morgan fingerprint density at radius 1 is 1.53 bits per heavy atom. The average Bonchev–Trinajstić information content (AvgIpc) is 3.04. The molecule has 0 radical (unpaired) electrons. The summed E-state index contributed by atoms with van der Waals surface area (Å²) in [5.74, 6) is 2.33. The number of fused-ring (bicyclic) bond motifs is 2. The Morgan fingerprint density at radius 2 is 2.26 bits per heavy atom. The summed E-state index contributed by atoms with van der Waals surface area (Å²) in [6.07, 6.45) is 6.36. The van der Waals surface area contributed by atoms with Crippen LogP contribution in [0.5, 0.6) is 0 Å². The monoisotopic (exact) mass is 490 g/mol. The van der Waals surface area contributed by atoms with Crippen molar-refractivity contribution in [2.75, 3.05) is 0 Å². The first kappa shape index (κ1) is 14.8. The van der Waals surface area contributed by atoms with Gasteiger partial charge in [0.15, 0.2) is 0 Å². The third-order valence-electron chi connectivity index (χ3n) is 5.28. The molecule has 3 fully saturated rings. The number of rotatable bonds is 5. The van der Waals surface area contributed by atoms with Gasteiger partial charge >= 0.3 is 140 Å². The van der Waals surface area contributed by atoms with E-state index in [9.17, 15) is 4.79 Å². The molecule has 0 aromatic rings. The maximum absolute atomic E-state index is 12.3. The van der Waals surface area contributed by atoms with Gasteiger partial charge in [0.25, 0.3) is 0 Å². The molecular weight excluding hydrogens is 468 g/mol. The molecule has 1 aliphatic heterocycles. The van der Waals surface area contributed by atoms with Crippen molar-refractivity contribution in [3.63, 3.8) is 0 Å². The van der Waals surface area contributed by atoms with Crippen LogP contribution in [0, 0.1) is 17.8 Å². The molecular formula is C14H22I2NO2-. The van der Waals surface area contributed by atoms with E-state index in [-0.39, 0.29) is 37.0 Å². The number of halogens is 2. The van der Waals surface area contributed by atoms with Crippen LogP contribution in [-0.2, 0) is 9.53 Å². The number of carbonyl (C=O) groups is 1. The third kappa shape index (κ3) is 2.93. The number of hydrogen-bond acceptors (Lipinski definition) is 3. The van der Waals surface area contributed by atoms with E-state index in [1.807, 2.05) is 0 Å². The Hall–Kier alpha value is 0.890. The molecule has 2 aliphatic carbocycles. The summed E-state index contributed by atoms with van der Waals surface area (Å²) in [4.78, 5) is 12.3. The van der Waals surface area contributed by atoms with Crippen LogP contribution < -0.4 is 25.0 Å². The van der Waals surface area contributed by atoms with Gasteiger partial charge in [0.1, 0.15) is 0 Å². The second kappa shape index (κ2) is 5.59. The van der Waals surface area contributed by atoms with E-state index in [0.717, 1.165) is 18.3 Å². The first-order chi connectivity index (χ1) is 9.03. The molecule has 3 nitrogen and oxygen atoms in total. The number of nitrogens with one attached hydrogen (secondary N) is 1. The summed E-state index contributed by atoms with van der Waals surface area (Å²) in [6, 6.07) is 0. The predicted octanol–water partition coefficient (Wildman–Crippen LogP) is -0.129. The summed E-state index contributed by atoms with van der Waals surface area (Å²) in [5.41, 5.74) is -0.229. The topological polar surface area (TPSA) is 48.2 Å². The minimum atomic E-state index is -0.229. The van der Waals surface area contributed by atoms with Crippen LogP contribution >= 0.6 is 22.6 Å². The zero-order chi connectivity index (χ0) is 13.6. The zero-order valence-electron chi connectivity index (χ0n) is 11.5. The Morgan fingerprint density at radius 3 is 2.74 bits per heavy atom. The number of esters is 1. The van der Waals surface area contributed by atoms with Crippen molar-refractivity contribution in [2.45, 2.75) is 59.5 Å². The summed E-state index contributed by atoms with van der Waals surface area (Å²) < 4.78 is 9.81. The third-order valence-corrected chi connectivity index (χ3v) is 9.94. The standard InChI is InChI=1S/C14H22I2NO2/c1-3-14(2,10-7-8-4-5-9(10)6-8)19-13(18)11(15)12-16-17-12/h8-12,17H,3-7H2,1-2H3/q-1. The molecule has 110 valence electrons. The van der Waals surface area contributed by atoms with Gasteiger partial charge in [0, 0.05) is 0 Å². The molecule has 5 heteroatoms. The van der Waals surface area contributed by atoms with E-state index in [1.165, 1.54) is 25.7 Å². The van der Waals surface area contributed by atoms with E-state index in [0.29, 0.717) is 9.97 Å². The van der Waals surface area contributed by atoms with Gasteiger partial charge in [-0.1, -0.05) is 0 Å². The van der Waals surface area contributed by atoms with Crippen molar-refractivity contribution >= 4 is 28.6 Å². The SMILES string of the molecule is CCC(C)(OC(=O)C(I)C1N[I-]1)C1CC2CCC1C2. The van der Waals surface area contributed by atoms with Gasteiger partial charge in [-0.15, -0.1) is 0 Å². The molecule has 2 saturated carbocycles. The number of hydrogen-bond donors (Lipinski definition) is 1. The van der Waals surface area contributed by atoms with Gasteiger partial charge in [-0.2, -0.15) is 0 Å². The average molecular weight is 490 g/mol. The van der Waals surface area contributed by atoms with Gasteiger partial charge < -0.3 is 0 Å². The fourth-order valence-electron chi connectivity index (χ4n) is 3.96. The van der Waals surface area contributed by atoms with E-state index in [1.54, 1.807) is 0 Å². The van der Waals surface area contributed by atoms with Crippen molar-refractivity contribution < 1.29 is 31.0 Å². The molecule has 1 heterocycles. The molecule has 0 aromatic heterocycles. The molecule has 3 aliphatic rings. The molecule has 6 unspecified atom stereocenters. The van der Waals surface area contributed by atoms with Crippen molar-refractivity contribution in [1.29, 1.82) is 0 Å². The van der Waals surface area contributed by atoms with Gasteiger partial charge in [0.2, 0.25) is 0 Å². The van der Waals surface area contributed by atoms with Crippen LogP contribution in [0.25, 0.3) is 0 Å². The van der Waals surface area contributed by atoms with E-state index in [4.69, 9.17) is 4.74 Å². The van der Waals surface area contributed by atoms with Crippen molar-refractivity contribution in [2.24, 2.45) is 17.8 Å². The van der Waals surface area contributed by atoms with Crippen molar-refractivity contribution in [3.05, 3.63) is 0 Å². The Bertz CT molecular complexity index is 374. The minimum absolute atomic E-state index is 0.0161. The van der Waals surface area contributed by atoms with Gasteiger partial charge in [0.05, 0.1) is 0 Å². The fourth-order valence-corrected chi connectivity index (χ4v) is 7.04. The molecule has 0 spiro atoms. The van der Waals surface area contributed by atoms with Gasteiger partial charge in [-0.05, 0) is 0 Å². The van der Waals surface area contributed by atoms with Gasteiger partial charge in [-0.25, -0.2) is 0 Å².